The van der Waals surface area contributed by atoms with Gasteiger partial charge in [-0.25, -0.2) is 9.97 Å². The average Bonchev–Trinajstić information content (AvgIpc) is 2.29. The van der Waals surface area contributed by atoms with Gasteiger partial charge >= 0.3 is 0 Å². The van der Waals surface area contributed by atoms with Crippen molar-refractivity contribution < 1.29 is 10.0 Å². The Morgan fingerprint density at radius 3 is 2.81 bits per heavy atom. The van der Waals surface area contributed by atoms with Crippen LogP contribution in [0.4, 0.5) is 0 Å². The van der Waals surface area contributed by atoms with Crippen LogP contribution in [0.15, 0.2) is 23.9 Å². The van der Waals surface area contributed by atoms with Crippen molar-refractivity contribution in [2.24, 2.45) is 10.9 Å². The van der Waals surface area contributed by atoms with Crippen LogP contribution in [-0.4, -0.2) is 33.0 Å². The van der Waals surface area contributed by atoms with E-state index in [2.05, 4.69) is 20.4 Å². The fraction of sp³-hybridized carbons (Fsp3) is 0.333. The fourth-order valence-corrected chi connectivity index (χ4v) is 1.13. The smallest absolute Gasteiger partial charge is 0.254 e. The number of rotatable bonds is 4. The van der Waals surface area contributed by atoms with Gasteiger partial charge in [-0.3, -0.25) is 4.79 Å². The minimum absolute atomic E-state index is 0.0668. The van der Waals surface area contributed by atoms with Gasteiger partial charge in [0.05, 0.1) is 5.56 Å². The Bertz CT molecular complexity index is 379. The van der Waals surface area contributed by atoms with E-state index in [9.17, 15) is 4.79 Å². The molecule has 0 fully saturated rings. The summed E-state index contributed by atoms with van der Waals surface area (Å²) in [6.45, 7) is 1.75. The second-order valence-electron chi connectivity index (χ2n) is 3.30. The number of nitrogens with zero attached hydrogens (tertiary/aromatic N) is 3. The lowest BCUT2D eigenvalue weighted by molar-refractivity contribution is 0.0940. The van der Waals surface area contributed by atoms with Crippen molar-refractivity contribution in [3.05, 3.63) is 24.3 Å². The van der Waals surface area contributed by atoms with Crippen LogP contribution in [0.2, 0.25) is 0 Å². The number of aromatic nitrogens is 2. The van der Waals surface area contributed by atoms with E-state index < -0.39 is 0 Å². The molecule has 0 aliphatic heterocycles. The molecule has 0 saturated carbocycles. The average molecular weight is 223 g/mol. The normalized spacial score (nSPS) is 13.2. The first-order chi connectivity index (χ1) is 7.63. The van der Waals surface area contributed by atoms with E-state index in [1.807, 2.05) is 0 Å². The summed E-state index contributed by atoms with van der Waals surface area (Å²) in [5, 5.41) is 13.9. The number of carbonyl (C=O) groups excluding carboxylic acids is 1. The van der Waals surface area contributed by atoms with Crippen LogP contribution >= 0.6 is 0 Å². The van der Waals surface area contributed by atoms with E-state index in [1.54, 1.807) is 6.92 Å². The number of nitrogens with one attached hydrogen (secondary N) is 1. The van der Waals surface area contributed by atoms with Gasteiger partial charge < -0.3 is 16.3 Å². The Morgan fingerprint density at radius 1 is 1.62 bits per heavy atom. The predicted octanol–water partition coefficient (Wildman–Crippen LogP) is -0.269. The second-order valence-corrected chi connectivity index (χ2v) is 3.30. The fourth-order valence-electron chi connectivity index (χ4n) is 1.13. The molecule has 4 N–H and O–H groups in total. The van der Waals surface area contributed by atoms with Crippen LogP contribution in [0.3, 0.4) is 0 Å². The summed E-state index contributed by atoms with van der Waals surface area (Å²) in [6, 6.07) is -0.233. The molecule has 1 aromatic rings. The summed E-state index contributed by atoms with van der Waals surface area (Å²) >= 11 is 0. The van der Waals surface area contributed by atoms with Gasteiger partial charge in [0.25, 0.3) is 5.91 Å². The quantitative estimate of drug-likeness (QED) is 0.281. The maximum Gasteiger partial charge on any atom is 0.254 e. The van der Waals surface area contributed by atoms with Crippen LogP contribution in [-0.2, 0) is 0 Å². The highest BCUT2D eigenvalue weighted by molar-refractivity contribution is 5.94. The van der Waals surface area contributed by atoms with E-state index in [1.165, 1.54) is 18.7 Å². The molecule has 0 aliphatic rings. The SMILES string of the molecule is CC(CC(N)=NO)NC(=O)c1cncnc1. The molecule has 1 amide bonds. The first-order valence-electron chi connectivity index (χ1n) is 4.65. The highest BCUT2D eigenvalue weighted by Gasteiger charge is 2.11. The molecule has 0 spiro atoms. The molecule has 1 atom stereocenters. The van der Waals surface area contributed by atoms with Crippen molar-refractivity contribution >= 4 is 11.7 Å². The summed E-state index contributed by atoms with van der Waals surface area (Å²) in [5.74, 6) is -0.226. The van der Waals surface area contributed by atoms with Crippen molar-refractivity contribution in [2.75, 3.05) is 0 Å². The third-order valence-corrected chi connectivity index (χ3v) is 1.84. The molecular weight excluding hydrogens is 210 g/mol. The van der Waals surface area contributed by atoms with Gasteiger partial charge in [0.1, 0.15) is 12.2 Å². The summed E-state index contributed by atoms with van der Waals surface area (Å²) in [7, 11) is 0. The third kappa shape index (κ3) is 3.52. The summed E-state index contributed by atoms with van der Waals surface area (Å²) in [4.78, 5) is 19.1. The first kappa shape index (κ1) is 11.9. The molecule has 1 rings (SSSR count). The van der Waals surface area contributed by atoms with E-state index >= 15 is 0 Å². The second kappa shape index (κ2) is 5.64. The highest BCUT2D eigenvalue weighted by atomic mass is 16.4. The standard InChI is InChI=1S/C9H13N5O2/c1-6(2-8(10)14-16)13-9(15)7-3-11-5-12-4-7/h3-6,16H,2H2,1H3,(H2,10,14)(H,13,15). The molecule has 86 valence electrons. The minimum Gasteiger partial charge on any atom is -0.409 e. The molecule has 1 heterocycles. The lowest BCUT2D eigenvalue weighted by atomic mass is 10.2. The Balaban J connectivity index is 2.52. The topological polar surface area (TPSA) is 113 Å². The molecule has 0 bridgehead atoms. The van der Waals surface area contributed by atoms with Crippen molar-refractivity contribution in [2.45, 2.75) is 19.4 Å². The van der Waals surface area contributed by atoms with Gasteiger partial charge in [-0.15, -0.1) is 0 Å². The third-order valence-electron chi connectivity index (χ3n) is 1.84. The van der Waals surface area contributed by atoms with Crippen LogP contribution in [0.25, 0.3) is 0 Å². The maximum atomic E-state index is 11.6. The van der Waals surface area contributed by atoms with Crippen molar-refractivity contribution in [3.63, 3.8) is 0 Å². The van der Waals surface area contributed by atoms with Gasteiger partial charge in [0.2, 0.25) is 0 Å². The van der Waals surface area contributed by atoms with Crippen molar-refractivity contribution in [1.82, 2.24) is 15.3 Å². The molecule has 0 aliphatic carbocycles. The largest absolute Gasteiger partial charge is 0.409 e. The number of carbonyl (C=O) groups is 1. The monoisotopic (exact) mass is 223 g/mol. The molecule has 16 heavy (non-hydrogen) atoms. The summed E-state index contributed by atoms with van der Waals surface area (Å²) in [5.41, 5.74) is 5.68. The minimum atomic E-state index is -0.293. The van der Waals surface area contributed by atoms with E-state index in [0.29, 0.717) is 5.56 Å². The first-order valence-corrected chi connectivity index (χ1v) is 4.65. The zero-order chi connectivity index (χ0) is 12.0. The highest BCUT2D eigenvalue weighted by Crippen LogP contribution is 1.96. The summed E-state index contributed by atoms with van der Waals surface area (Å²) < 4.78 is 0. The van der Waals surface area contributed by atoms with Gasteiger partial charge in [-0.1, -0.05) is 5.16 Å². The van der Waals surface area contributed by atoms with Crippen LogP contribution in [0.5, 0.6) is 0 Å². The molecule has 0 aromatic carbocycles. The number of hydrogen-bond acceptors (Lipinski definition) is 5. The number of oxime groups is 1. The van der Waals surface area contributed by atoms with Crippen LogP contribution < -0.4 is 11.1 Å². The van der Waals surface area contributed by atoms with Gasteiger partial charge in [0.15, 0.2) is 0 Å². The maximum absolute atomic E-state index is 11.6. The zero-order valence-corrected chi connectivity index (χ0v) is 8.79. The van der Waals surface area contributed by atoms with Gasteiger partial charge in [0, 0.05) is 24.9 Å². The van der Waals surface area contributed by atoms with Crippen LogP contribution in [0.1, 0.15) is 23.7 Å². The number of amidine groups is 1. The summed E-state index contributed by atoms with van der Waals surface area (Å²) in [6.07, 6.45) is 4.45. The van der Waals surface area contributed by atoms with Gasteiger partial charge in [-0.2, -0.15) is 0 Å². The molecular formula is C9H13N5O2. The van der Waals surface area contributed by atoms with E-state index in [0.717, 1.165) is 0 Å². The molecule has 7 heteroatoms. The molecule has 0 radical (unpaired) electrons. The van der Waals surface area contributed by atoms with Gasteiger partial charge in [-0.05, 0) is 6.92 Å². The lowest BCUT2D eigenvalue weighted by Crippen LogP contribution is -2.35. The lowest BCUT2D eigenvalue weighted by Gasteiger charge is -2.12. The van der Waals surface area contributed by atoms with Crippen LogP contribution in [0, 0.1) is 0 Å². The zero-order valence-electron chi connectivity index (χ0n) is 8.79. The van der Waals surface area contributed by atoms with E-state index in [-0.39, 0.29) is 24.2 Å². The predicted molar refractivity (Wildman–Crippen MR) is 57.0 cm³/mol. The Morgan fingerprint density at radius 2 is 2.25 bits per heavy atom. The molecule has 1 unspecified atom stereocenters. The number of amides is 1. The van der Waals surface area contributed by atoms with Crippen molar-refractivity contribution in [1.29, 1.82) is 0 Å². The van der Waals surface area contributed by atoms with E-state index in [4.69, 9.17) is 10.9 Å². The Labute approximate surface area is 92.4 Å². The Hall–Kier alpha value is -2.18. The molecule has 0 saturated heterocycles. The van der Waals surface area contributed by atoms with Crippen molar-refractivity contribution in [3.8, 4) is 0 Å². The number of hydrogen-bond donors (Lipinski definition) is 3. The Kier molecular flexibility index (Phi) is 4.19. The molecule has 1 aromatic heterocycles. The number of nitrogens with two attached hydrogens (primary N) is 1. The molecule has 7 nitrogen and oxygen atoms in total.